The number of carbonyl (C=O) groups is 1. The molecule has 2 rings (SSSR count). The molecular formula is C12H15N3O2. The monoisotopic (exact) mass is 233 g/mol. The lowest BCUT2D eigenvalue weighted by Gasteiger charge is -2.03. The van der Waals surface area contributed by atoms with Gasteiger partial charge in [-0.05, 0) is 18.6 Å². The van der Waals surface area contributed by atoms with Gasteiger partial charge in [-0.3, -0.25) is 9.36 Å². The van der Waals surface area contributed by atoms with Crippen molar-refractivity contribution in [3.05, 3.63) is 34.7 Å². The first-order chi connectivity index (χ1) is 8.18. The third-order valence-corrected chi connectivity index (χ3v) is 2.61. The number of hydrogen-bond donors (Lipinski definition) is 2. The number of nitrogens with zero attached hydrogens (tertiary/aromatic N) is 1. The first-order valence-electron chi connectivity index (χ1n) is 5.60. The predicted octanol–water partition coefficient (Wildman–Crippen LogP) is 0.856. The summed E-state index contributed by atoms with van der Waals surface area (Å²) in [6.07, 6.45) is 0.737. The number of imidazole rings is 1. The zero-order chi connectivity index (χ0) is 12.3. The number of aromatic nitrogens is 2. The SMILES string of the molecule is CC(=O)NCCCn1c(=O)[nH]c2ccccc21. The maximum Gasteiger partial charge on any atom is 0.326 e. The van der Waals surface area contributed by atoms with Crippen LogP contribution in [0.25, 0.3) is 11.0 Å². The Bertz CT molecular complexity index is 583. The number of aryl methyl sites for hydroxylation is 1. The van der Waals surface area contributed by atoms with E-state index in [1.54, 1.807) is 4.57 Å². The second-order valence-corrected chi connectivity index (χ2v) is 3.94. The molecule has 1 aromatic heterocycles. The van der Waals surface area contributed by atoms with Crippen LogP contribution in [0, 0.1) is 0 Å². The van der Waals surface area contributed by atoms with Gasteiger partial charge in [-0.15, -0.1) is 0 Å². The van der Waals surface area contributed by atoms with Crippen molar-refractivity contribution in [3.63, 3.8) is 0 Å². The van der Waals surface area contributed by atoms with Crippen LogP contribution in [0.5, 0.6) is 0 Å². The van der Waals surface area contributed by atoms with Gasteiger partial charge in [0.1, 0.15) is 0 Å². The molecule has 0 fully saturated rings. The lowest BCUT2D eigenvalue weighted by molar-refractivity contribution is -0.118. The van der Waals surface area contributed by atoms with Crippen molar-refractivity contribution in [1.82, 2.24) is 14.9 Å². The van der Waals surface area contributed by atoms with E-state index in [9.17, 15) is 9.59 Å². The van der Waals surface area contributed by atoms with Crippen LogP contribution >= 0.6 is 0 Å². The molecule has 90 valence electrons. The highest BCUT2D eigenvalue weighted by atomic mass is 16.1. The fourth-order valence-electron chi connectivity index (χ4n) is 1.83. The van der Waals surface area contributed by atoms with Gasteiger partial charge in [0.25, 0.3) is 0 Å². The van der Waals surface area contributed by atoms with E-state index in [0.717, 1.165) is 17.5 Å². The predicted molar refractivity (Wildman–Crippen MR) is 65.9 cm³/mol. The number of para-hydroxylation sites is 2. The molecule has 0 bridgehead atoms. The van der Waals surface area contributed by atoms with Gasteiger partial charge >= 0.3 is 5.69 Å². The van der Waals surface area contributed by atoms with E-state index in [4.69, 9.17) is 0 Å². The summed E-state index contributed by atoms with van der Waals surface area (Å²) >= 11 is 0. The average Bonchev–Trinajstić information content (AvgIpc) is 2.60. The molecule has 0 saturated heterocycles. The van der Waals surface area contributed by atoms with Crippen LogP contribution in [-0.2, 0) is 11.3 Å². The van der Waals surface area contributed by atoms with Crippen molar-refractivity contribution in [2.75, 3.05) is 6.54 Å². The van der Waals surface area contributed by atoms with Gasteiger partial charge in [0.05, 0.1) is 11.0 Å². The van der Waals surface area contributed by atoms with E-state index in [1.807, 2.05) is 24.3 Å². The van der Waals surface area contributed by atoms with Crippen LogP contribution in [0.3, 0.4) is 0 Å². The number of hydrogen-bond acceptors (Lipinski definition) is 2. The lowest BCUT2D eigenvalue weighted by Crippen LogP contribution is -2.24. The van der Waals surface area contributed by atoms with E-state index < -0.39 is 0 Å². The highest BCUT2D eigenvalue weighted by molar-refractivity contribution is 5.75. The van der Waals surface area contributed by atoms with E-state index in [0.29, 0.717) is 13.1 Å². The Labute approximate surface area is 98.4 Å². The number of amides is 1. The van der Waals surface area contributed by atoms with Crippen LogP contribution in [0.15, 0.2) is 29.1 Å². The van der Waals surface area contributed by atoms with E-state index >= 15 is 0 Å². The van der Waals surface area contributed by atoms with Gasteiger partial charge in [-0.25, -0.2) is 4.79 Å². The molecule has 5 nitrogen and oxygen atoms in total. The van der Waals surface area contributed by atoms with Crippen LogP contribution in [0.1, 0.15) is 13.3 Å². The van der Waals surface area contributed by atoms with Crippen molar-refractivity contribution >= 4 is 16.9 Å². The molecule has 1 aromatic carbocycles. The van der Waals surface area contributed by atoms with Gasteiger partial charge in [-0.1, -0.05) is 12.1 Å². The molecule has 0 aliphatic carbocycles. The van der Waals surface area contributed by atoms with E-state index in [1.165, 1.54) is 6.92 Å². The first kappa shape index (κ1) is 11.4. The van der Waals surface area contributed by atoms with Crippen molar-refractivity contribution in [3.8, 4) is 0 Å². The summed E-state index contributed by atoms with van der Waals surface area (Å²) in [6.45, 7) is 2.67. The van der Waals surface area contributed by atoms with Gasteiger partial charge in [-0.2, -0.15) is 0 Å². The molecule has 0 unspecified atom stereocenters. The quantitative estimate of drug-likeness (QED) is 0.769. The Hall–Kier alpha value is -2.04. The van der Waals surface area contributed by atoms with Gasteiger partial charge in [0.2, 0.25) is 5.91 Å². The van der Waals surface area contributed by atoms with Crippen LogP contribution < -0.4 is 11.0 Å². The standard InChI is InChI=1S/C12H15N3O2/c1-9(16)13-7-4-8-15-11-6-3-2-5-10(11)14-12(15)17/h2-3,5-6H,4,7-8H2,1H3,(H,13,16)(H,14,17). The second-order valence-electron chi connectivity index (χ2n) is 3.94. The van der Waals surface area contributed by atoms with E-state index in [-0.39, 0.29) is 11.6 Å². The van der Waals surface area contributed by atoms with Gasteiger partial charge in [0.15, 0.2) is 0 Å². The van der Waals surface area contributed by atoms with Crippen molar-refractivity contribution in [2.45, 2.75) is 19.9 Å². The number of carbonyl (C=O) groups excluding carboxylic acids is 1. The maximum absolute atomic E-state index is 11.7. The fraction of sp³-hybridized carbons (Fsp3) is 0.333. The minimum atomic E-state index is -0.103. The zero-order valence-electron chi connectivity index (χ0n) is 9.69. The van der Waals surface area contributed by atoms with Crippen molar-refractivity contribution in [2.24, 2.45) is 0 Å². The fourth-order valence-corrected chi connectivity index (χ4v) is 1.83. The number of benzene rings is 1. The molecular weight excluding hydrogens is 218 g/mol. The Balaban J connectivity index is 2.10. The highest BCUT2D eigenvalue weighted by Gasteiger charge is 2.04. The normalized spacial score (nSPS) is 10.6. The third kappa shape index (κ3) is 2.55. The molecule has 2 N–H and O–H groups in total. The number of fused-ring (bicyclic) bond motifs is 1. The molecule has 5 heteroatoms. The third-order valence-electron chi connectivity index (χ3n) is 2.61. The van der Waals surface area contributed by atoms with E-state index in [2.05, 4.69) is 10.3 Å². The molecule has 0 radical (unpaired) electrons. The Morgan fingerprint density at radius 2 is 2.18 bits per heavy atom. The maximum atomic E-state index is 11.7. The molecule has 0 aliphatic heterocycles. The average molecular weight is 233 g/mol. The Kier molecular flexibility index (Phi) is 3.27. The first-order valence-corrected chi connectivity index (χ1v) is 5.60. The molecule has 0 saturated carbocycles. The summed E-state index contributed by atoms with van der Waals surface area (Å²) in [7, 11) is 0. The smallest absolute Gasteiger partial charge is 0.326 e. The molecule has 17 heavy (non-hydrogen) atoms. The number of nitrogens with one attached hydrogen (secondary N) is 2. The second kappa shape index (κ2) is 4.86. The lowest BCUT2D eigenvalue weighted by atomic mass is 10.3. The number of H-pyrrole nitrogens is 1. The van der Waals surface area contributed by atoms with Crippen molar-refractivity contribution in [1.29, 1.82) is 0 Å². The molecule has 1 amide bonds. The summed E-state index contributed by atoms with van der Waals surface area (Å²) < 4.78 is 1.69. The van der Waals surface area contributed by atoms with Crippen LogP contribution in [-0.4, -0.2) is 22.0 Å². The minimum absolute atomic E-state index is 0.0451. The topological polar surface area (TPSA) is 66.9 Å². The van der Waals surface area contributed by atoms with Crippen molar-refractivity contribution < 1.29 is 4.79 Å². The summed E-state index contributed by atoms with van der Waals surface area (Å²) in [5.74, 6) is -0.0451. The largest absolute Gasteiger partial charge is 0.356 e. The number of rotatable bonds is 4. The summed E-state index contributed by atoms with van der Waals surface area (Å²) in [5, 5.41) is 2.71. The molecule has 0 aliphatic rings. The number of aromatic amines is 1. The van der Waals surface area contributed by atoms with Gasteiger partial charge in [0, 0.05) is 20.0 Å². The summed E-state index contributed by atoms with van der Waals surface area (Å²) in [4.78, 5) is 25.2. The molecule has 0 spiro atoms. The van der Waals surface area contributed by atoms with Crippen LogP contribution in [0.4, 0.5) is 0 Å². The summed E-state index contributed by atoms with van der Waals surface area (Å²) in [5.41, 5.74) is 1.64. The zero-order valence-corrected chi connectivity index (χ0v) is 9.69. The Morgan fingerprint density at radius 1 is 1.41 bits per heavy atom. The summed E-state index contributed by atoms with van der Waals surface area (Å²) in [6, 6.07) is 7.58. The molecule has 2 aromatic rings. The highest BCUT2D eigenvalue weighted by Crippen LogP contribution is 2.08. The van der Waals surface area contributed by atoms with Crippen LogP contribution in [0.2, 0.25) is 0 Å². The van der Waals surface area contributed by atoms with Gasteiger partial charge < -0.3 is 10.3 Å². The molecule has 1 heterocycles. The minimum Gasteiger partial charge on any atom is -0.356 e. The molecule has 0 atom stereocenters. The Morgan fingerprint density at radius 3 is 2.94 bits per heavy atom.